The van der Waals surface area contributed by atoms with Crippen molar-refractivity contribution in [2.75, 3.05) is 0 Å². The average molecular weight is 294 g/mol. The molecule has 5 rings (SSSR count). The van der Waals surface area contributed by atoms with Crippen LogP contribution in [0.2, 0.25) is 0 Å². The molecule has 4 fully saturated rings. The molecule has 112 valence electrons. The quantitative estimate of drug-likeness (QED) is 0.718. The summed E-state index contributed by atoms with van der Waals surface area (Å²) in [6, 6.07) is 8.47. The monoisotopic (exact) mass is 294 g/mol. The van der Waals surface area contributed by atoms with Gasteiger partial charge in [0, 0.05) is 0 Å². The first-order chi connectivity index (χ1) is 10.1. The minimum Gasteiger partial charge on any atom is -0.453 e. The van der Waals surface area contributed by atoms with Gasteiger partial charge >= 0.3 is 5.97 Å². The van der Waals surface area contributed by atoms with Crippen molar-refractivity contribution in [1.29, 1.82) is 0 Å². The van der Waals surface area contributed by atoms with Crippen LogP contribution in [0.1, 0.15) is 10.4 Å². The lowest BCUT2D eigenvalue weighted by molar-refractivity contribution is -0.492. The molecule has 0 amide bonds. The van der Waals surface area contributed by atoms with Crippen LogP contribution in [-0.4, -0.2) is 53.4 Å². The van der Waals surface area contributed by atoms with E-state index in [1.807, 2.05) is 0 Å². The lowest BCUT2D eigenvalue weighted by Gasteiger charge is -2.56. The molecule has 4 bridgehead atoms. The summed E-state index contributed by atoms with van der Waals surface area (Å²) in [4.78, 5) is 12.1. The van der Waals surface area contributed by atoms with Gasteiger partial charge in [-0.05, 0) is 12.1 Å². The Kier molecular flexibility index (Phi) is 2.98. The smallest absolute Gasteiger partial charge is 0.338 e. The fraction of sp³-hybridized carbons (Fsp3) is 0.500. The zero-order valence-electron chi connectivity index (χ0n) is 10.9. The van der Waals surface area contributed by atoms with E-state index >= 15 is 0 Å². The van der Waals surface area contributed by atoms with Gasteiger partial charge in [0.1, 0.15) is 12.2 Å². The van der Waals surface area contributed by atoms with E-state index in [1.165, 1.54) is 0 Å². The Bertz CT molecular complexity index is 530. The second kappa shape index (κ2) is 4.75. The Morgan fingerprint density at radius 3 is 2.14 bits per heavy atom. The van der Waals surface area contributed by atoms with E-state index < -0.39 is 49.1 Å². The third kappa shape index (κ3) is 1.97. The predicted octanol–water partition coefficient (Wildman–Crippen LogP) is -0.381. The molecule has 4 aliphatic heterocycles. The summed E-state index contributed by atoms with van der Waals surface area (Å²) in [5.41, 5.74) is 0.381. The van der Waals surface area contributed by atoms with Crippen molar-refractivity contribution in [3.8, 4) is 0 Å². The number of hydrogen-bond acceptors (Lipinski definition) is 7. The van der Waals surface area contributed by atoms with Gasteiger partial charge in [-0.25, -0.2) is 4.79 Å². The van der Waals surface area contributed by atoms with Crippen molar-refractivity contribution < 1.29 is 34.0 Å². The first-order valence-electron chi connectivity index (χ1n) is 6.74. The van der Waals surface area contributed by atoms with E-state index in [0.717, 1.165) is 0 Å². The van der Waals surface area contributed by atoms with Crippen LogP contribution in [0.5, 0.6) is 0 Å². The summed E-state index contributed by atoms with van der Waals surface area (Å²) in [5, 5.41) is 20.2. The van der Waals surface area contributed by atoms with Gasteiger partial charge in [-0.1, -0.05) is 18.2 Å². The molecule has 0 saturated carbocycles. The summed E-state index contributed by atoms with van der Waals surface area (Å²) >= 11 is 0. The molecule has 0 aromatic heterocycles. The van der Waals surface area contributed by atoms with E-state index in [0.29, 0.717) is 5.56 Å². The van der Waals surface area contributed by atoms with Crippen molar-refractivity contribution in [1.82, 2.24) is 0 Å². The molecule has 7 nitrogen and oxygen atoms in total. The van der Waals surface area contributed by atoms with Gasteiger partial charge in [-0.2, -0.15) is 0 Å². The minimum atomic E-state index is -1.06. The normalized spacial score (nSPS) is 43.8. The Hall–Kier alpha value is -1.51. The minimum absolute atomic E-state index is 0.381. The van der Waals surface area contributed by atoms with Crippen LogP contribution in [0.3, 0.4) is 0 Å². The van der Waals surface area contributed by atoms with Crippen LogP contribution in [0, 0.1) is 5.92 Å². The summed E-state index contributed by atoms with van der Waals surface area (Å²) in [7, 11) is 0. The fourth-order valence-corrected chi connectivity index (χ4v) is 3.00. The maximum atomic E-state index is 12.1. The highest BCUT2D eigenvalue weighted by Gasteiger charge is 2.62. The fourth-order valence-electron chi connectivity index (χ4n) is 3.00. The van der Waals surface area contributed by atoms with Gasteiger partial charge in [-0.3, -0.25) is 0 Å². The van der Waals surface area contributed by atoms with Gasteiger partial charge in [0.2, 0.25) is 6.29 Å². The molecule has 2 N–H and O–H groups in total. The lowest BCUT2D eigenvalue weighted by Crippen LogP contribution is -2.72. The van der Waals surface area contributed by atoms with Crippen molar-refractivity contribution in [2.45, 2.75) is 37.2 Å². The van der Waals surface area contributed by atoms with Crippen LogP contribution < -0.4 is 0 Å². The molecule has 4 aliphatic rings. The van der Waals surface area contributed by atoms with Gasteiger partial charge in [-0.15, -0.1) is 0 Å². The van der Waals surface area contributed by atoms with Gasteiger partial charge in [0.05, 0.1) is 11.5 Å². The number of benzene rings is 1. The summed E-state index contributed by atoms with van der Waals surface area (Å²) in [6.45, 7) is 0. The molecule has 4 saturated heterocycles. The summed E-state index contributed by atoms with van der Waals surface area (Å²) in [5.74, 6) is -1.24. The molecule has 21 heavy (non-hydrogen) atoms. The van der Waals surface area contributed by atoms with Crippen molar-refractivity contribution in [3.63, 3.8) is 0 Å². The Morgan fingerprint density at radius 1 is 0.952 bits per heavy atom. The Labute approximate surface area is 120 Å². The second-order valence-corrected chi connectivity index (χ2v) is 5.31. The lowest BCUT2D eigenvalue weighted by atomic mass is 9.82. The van der Waals surface area contributed by atoms with E-state index in [4.69, 9.17) is 18.9 Å². The van der Waals surface area contributed by atoms with Crippen molar-refractivity contribution >= 4 is 5.97 Å². The topological polar surface area (TPSA) is 94.5 Å². The van der Waals surface area contributed by atoms with E-state index in [2.05, 4.69) is 0 Å². The predicted molar refractivity (Wildman–Crippen MR) is 65.8 cm³/mol. The SMILES string of the molecule is O=C(OC1C2O[C@@H]3O[C@H](O2)C(O)C1C3O)c1ccccc1. The van der Waals surface area contributed by atoms with Crippen LogP contribution in [0.15, 0.2) is 30.3 Å². The number of carbonyl (C=O) groups excluding carboxylic acids is 1. The molecule has 7 atom stereocenters. The van der Waals surface area contributed by atoms with Gasteiger partial charge in [0.15, 0.2) is 18.7 Å². The van der Waals surface area contributed by atoms with Crippen molar-refractivity contribution in [2.24, 2.45) is 5.92 Å². The van der Waals surface area contributed by atoms with Crippen LogP contribution in [0.4, 0.5) is 0 Å². The Morgan fingerprint density at radius 2 is 1.52 bits per heavy atom. The number of esters is 1. The largest absolute Gasteiger partial charge is 0.453 e. The molecule has 0 radical (unpaired) electrons. The average Bonchev–Trinajstić information content (AvgIpc) is 2.51. The first kappa shape index (κ1) is 13.2. The highest BCUT2D eigenvalue weighted by atomic mass is 16.9. The zero-order chi connectivity index (χ0) is 14.6. The summed E-state index contributed by atoms with van der Waals surface area (Å²) < 4.78 is 21.3. The molecule has 7 heteroatoms. The molecule has 4 heterocycles. The third-order valence-corrected chi connectivity index (χ3v) is 4.05. The van der Waals surface area contributed by atoms with Gasteiger partial charge < -0.3 is 29.2 Å². The third-order valence-electron chi connectivity index (χ3n) is 4.05. The van der Waals surface area contributed by atoms with Crippen LogP contribution in [-0.2, 0) is 18.9 Å². The highest BCUT2D eigenvalue weighted by Crippen LogP contribution is 2.44. The standard InChI is InChI=1S/C14H14O7/c15-8-7-9(16)13-19-12(8)20-14(21-13)10(7)18-11(17)6-4-2-1-3-5-6/h1-5,7-10,12-16H/t7?,8?,9?,10?,12-,13+,14?. The number of hydrogen-bond donors (Lipinski definition) is 2. The number of aliphatic hydroxyl groups is 2. The van der Waals surface area contributed by atoms with E-state index in [-0.39, 0.29) is 0 Å². The maximum absolute atomic E-state index is 12.1. The molecule has 1 aromatic carbocycles. The molecular formula is C14H14O7. The van der Waals surface area contributed by atoms with Gasteiger partial charge in [0.25, 0.3) is 0 Å². The number of carbonyl (C=O) groups is 1. The van der Waals surface area contributed by atoms with Crippen LogP contribution >= 0.6 is 0 Å². The molecular weight excluding hydrogens is 280 g/mol. The summed E-state index contributed by atoms with van der Waals surface area (Å²) in [6.07, 6.45) is -5.55. The molecule has 0 spiro atoms. The number of rotatable bonds is 2. The van der Waals surface area contributed by atoms with E-state index in [1.54, 1.807) is 30.3 Å². The Balaban J connectivity index is 1.56. The van der Waals surface area contributed by atoms with E-state index in [9.17, 15) is 15.0 Å². The number of aliphatic hydroxyl groups excluding tert-OH is 2. The first-order valence-corrected chi connectivity index (χ1v) is 6.74. The van der Waals surface area contributed by atoms with Crippen LogP contribution in [0.25, 0.3) is 0 Å². The second-order valence-electron chi connectivity index (χ2n) is 5.31. The highest BCUT2D eigenvalue weighted by molar-refractivity contribution is 5.89. The van der Waals surface area contributed by atoms with Crippen molar-refractivity contribution in [3.05, 3.63) is 35.9 Å². The molecule has 5 unspecified atom stereocenters. The number of ether oxygens (including phenoxy) is 4. The molecule has 0 aliphatic carbocycles. The molecule has 1 aromatic rings. The maximum Gasteiger partial charge on any atom is 0.338 e. The zero-order valence-corrected chi connectivity index (χ0v) is 10.9.